The molecule has 2 N–H and O–H groups in total. The third-order valence-corrected chi connectivity index (χ3v) is 6.77. The Morgan fingerprint density at radius 2 is 1.75 bits per heavy atom. The average molecular weight is 555 g/mol. The van der Waals surface area contributed by atoms with Crippen molar-refractivity contribution >= 4 is 17.5 Å². The number of hydrogen-bond acceptors (Lipinski definition) is 6. The molecule has 5 rings (SSSR count). The molecule has 0 radical (unpaired) electrons. The number of H-pyrrole nitrogens is 1. The monoisotopic (exact) mass is 554 g/mol. The summed E-state index contributed by atoms with van der Waals surface area (Å²) in [6.07, 6.45) is -2.82. The van der Waals surface area contributed by atoms with Crippen molar-refractivity contribution in [1.29, 1.82) is 0 Å². The number of alkyl halides is 3. The minimum Gasteiger partial charge on any atom is -0.431 e. The Hall–Kier alpha value is -4.61. The Morgan fingerprint density at radius 3 is 2.38 bits per heavy atom. The standard InChI is InChI=1S/C28H25F3N4O5/c29-28(30,31)25-24(33-27(39-25)19-4-2-1-3-5-19)26(38)32-20-8-6-17(7-9-20)18-12-14-35(15-13-18)23(37)11-10-21-16-22(36)34-40-21/h1-9,16,18H,10-15H2,(H,32,38)(H,34,36). The van der Waals surface area contributed by atoms with Crippen LogP contribution in [0.3, 0.4) is 0 Å². The van der Waals surface area contributed by atoms with Crippen molar-refractivity contribution < 1.29 is 31.7 Å². The van der Waals surface area contributed by atoms with Gasteiger partial charge in [0.2, 0.25) is 17.6 Å². The lowest BCUT2D eigenvalue weighted by Crippen LogP contribution is -2.38. The molecule has 0 aliphatic carbocycles. The molecule has 9 nitrogen and oxygen atoms in total. The minimum atomic E-state index is -4.90. The number of amides is 2. The van der Waals surface area contributed by atoms with Crippen LogP contribution in [-0.2, 0) is 17.4 Å². The number of piperidine rings is 1. The molecule has 0 unspecified atom stereocenters. The smallest absolute Gasteiger partial charge is 0.431 e. The number of anilines is 1. The summed E-state index contributed by atoms with van der Waals surface area (Å²) in [4.78, 5) is 42.0. The first kappa shape index (κ1) is 27.0. The number of carbonyl (C=O) groups excluding carboxylic acids is 2. The van der Waals surface area contributed by atoms with E-state index in [2.05, 4.69) is 15.5 Å². The summed E-state index contributed by atoms with van der Waals surface area (Å²) in [5, 5.41) is 4.68. The van der Waals surface area contributed by atoms with Crippen LogP contribution in [0.5, 0.6) is 0 Å². The summed E-state index contributed by atoms with van der Waals surface area (Å²) in [6, 6.07) is 16.2. The number of aromatic amines is 1. The Morgan fingerprint density at radius 1 is 1.05 bits per heavy atom. The van der Waals surface area contributed by atoms with E-state index in [0.29, 0.717) is 36.5 Å². The van der Waals surface area contributed by atoms with Crippen molar-refractivity contribution in [1.82, 2.24) is 15.0 Å². The number of carbonyl (C=O) groups is 2. The highest BCUT2D eigenvalue weighted by Gasteiger charge is 2.42. The topological polar surface area (TPSA) is 121 Å². The number of oxazole rings is 1. The molecule has 40 heavy (non-hydrogen) atoms. The van der Waals surface area contributed by atoms with E-state index in [-0.39, 0.29) is 29.7 Å². The summed E-state index contributed by atoms with van der Waals surface area (Å²) in [5.74, 6) is -2.17. The number of aromatic nitrogens is 2. The largest absolute Gasteiger partial charge is 0.452 e. The van der Waals surface area contributed by atoms with E-state index in [1.165, 1.54) is 18.2 Å². The Labute approximate surface area is 226 Å². The van der Waals surface area contributed by atoms with Gasteiger partial charge in [-0.15, -0.1) is 0 Å². The van der Waals surface area contributed by atoms with Crippen LogP contribution in [0.25, 0.3) is 11.5 Å². The molecule has 208 valence electrons. The van der Waals surface area contributed by atoms with Crippen LogP contribution in [0.15, 0.2) is 74.4 Å². The van der Waals surface area contributed by atoms with Gasteiger partial charge < -0.3 is 19.2 Å². The third-order valence-electron chi connectivity index (χ3n) is 6.77. The Balaban J connectivity index is 1.18. The van der Waals surface area contributed by atoms with Crippen molar-refractivity contribution in [2.45, 2.75) is 37.8 Å². The van der Waals surface area contributed by atoms with Gasteiger partial charge in [-0.1, -0.05) is 30.3 Å². The van der Waals surface area contributed by atoms with E-state index in [1.807, 2.05) is 12.1 Å². The SMILES string of the molecule is O=C(Nc1ccc(C2CCN(C(=O)CCc3cc(=O)[nH]o3)CC2)cc1)c1nc(-c2ccccc2)oc1C(F)(F)F. The number of nitrogens with one attached hydrogen (secondary N) is 2. The van der Waals surface area contributed by atoms with E-state index in [9.17, 15) is 27.6 Å². The second kappa shape index (κ2) is 11.2. The maximum atomic E-state index is 13.6. The van der Waals surface area contributed by atoms with Crippen molar-refractivity contribution in [2.24, 2.45) is 0 Å². The number of likely N-dealkylation sites (tertiary alicyclic amines) is 1. The maximum absolute atomic E-state index is 13.6. The van der Waals surface area contributed by atoms with Crippen LogP contribution >= 0.6 is 0 Å². The average Bonchev–Trinajstić information content (AvgIpc) is 3.60. The summed E-state index contributed by atoms with van der Waals surface area (Å²) in [5.41, 5.74) is 0.456. The van der Waals surface area contributed by atoms with E-state index < -0.39 is 23.5 Å². The van der Waals surface area contributed by atoms with Crippen LogP contribution in [0.2, 0.25) is 0 Å². The van der Waals surface area contributed by atoms with Crippen molar-refractivity contribution in [3.63, 3.8) is 0 Å². The van der Waals surface area contributed by atoms with Crippen LogP contribution in [-0.4, -0.2) is 39.9 Å². The van der Waals surface area contributed by atoms with Gasteiger partial charge in [-0.25, -0.2) is 4.98 Å². The highest BCUT2D eigenvalue weighted by atomic mass is 19.4. The molecule has 2 aromatic heterocycles. The van der Waals surface area contributed by atoms with Crippen LogP contribution in [0, 0.1) is 0 Å². The number of hydrogen-bond donors (Lipinski definition) is 2. The van der Waals surface area contributed by atoms with Crippen molar-refractivity contribution in [3.05, 3.63) is 93.8 Å². The molecule has 12 heteroatoms. The van der Waals surface area contributed by atoms with Crippen molar-refractivity contribution in [2.75, 3.05) is 18.4 Å². The van der Waals surface area contributed by atoms with E-state index in [1.54, 1.807) is 35.2 Å². The molecular weight excluding hydrogens is 529 g/mol. The maximum Gasteiger partial charge on any atom is 0.452 e. The van der Waals surface area contributed by atoms with Gasteiger partial charge in [0, 0.05) is 43.2 Å². The lowest BCUT2D eigenvalue weighted by Gasteiger charge is -2.32. The molecule has 3 heterocycles. The number of benzene rings is 2. The molecule has 4 aromatic rings. The first-order valence-electron chi connectivity index (χ1n) is 12.7. The van der Waals surface area contributed by atoms with Gasteiger partial charge in [-0.05, 0) is 48.6 Å². The zero-order valence-corrected chi connectivity index (χ0v) is 21.2. The number of halogens is 3. The second-order valence-corrected chi connectivity index (χ2v) is 9.47. The van der Waals surface area contributed by atoms with Gasteiger partial charge in [0.25, 0.3) is 11.5 Å². The van der Waals surface area contributed by atoms with Gasteiger partial charge in [0.05, 0.1) is 0 Å². The first-order valence-corrected chi connectivity index (χ1v) is 12.7. The van der Waals surface area contributed by atoms with Gasteiger partial charge in [0.1, 0.15) is 5.76 Å². The quantitative estimate of drug-likeness (QED) is 0.323. The molecule has 1 saturated heterocycles. The lowest BCUT2D eigenvalue weighted by atomic mass is 9.89. The van der Waals surface area contributed by atoms with E-state index in [0.717, 1.165) is 18.4 Å². The fourth-order valence-electron chi connectivity index (χ4n) is 4.69. The normalized spacial score (nSPS) is 14.3. The molecule has 2 amide bonds. The van der Waals surface area contributed by atoms with Crippen LogP contribution in [0.1, 0.15) is 52.8 Å². The minimum absolute atomic E-state index is 0.0122. The first-order chi connectivity index (χ1) is 19.2. The molecular formula is C28H25F3N4O5. The Kier molecular flexibility index (Phi) is 7.58. The molecule has 0 atom stereocenters. The molecule has 1 fully saturated rings. The zero-order valence-electron chi connectivity index (χ0n) is 21.2. The van der Waals surface area contributed by atoms with E-state index >= 15 is 0 Å². The lowest BCUT2D eigenvalue weighted by molar-refractivity contribution is -0.153. The molecule has 0 saturated carbocycles. The predicted molar refractivity (Wildman–Crippen MR) is 138 cm³/mol. The van der Waals surface area contributed by atoms with Gasteiger partial charge in [-0.3, -0.25) is 14.4 Å². The number of rotatable bonds is 7. The fraction of sp³-hybridized carbons (Fsp3) is 0.286. The van der Waals surface area contributed by atoms with Gasteiger partial charge >= 0.3 is 6.18 Å². The summed E-state index contributed by atoms with van der Waals surface area (Å²) >= 11 is 0. The highest BCUT2D eigenvalue weighted by Crippen LogP contribution is 2.36. The van der Waals surface area contributed by atoms with Crippen LogP contribution < -0.4 is 10.9 Å². The highest BCUT2D eigenvalue weighted by molar-refractivity contribution is 6.04. The molecule has 0 spiro atoms. The second-order valence-electron chi connectivity index (χ2n) is 9.47. The molecule has 1 aliphatic rings. The molecule has 0 bridgehead atoms. The predicted octanol–water partition coefficient (Wildman–Crippen LogP) is 5.23. The van der Waals surface area contributed by atoms with Crippen molar-refractivity contribution in [3.8, 4) is 11.5 Å². The summed E-state index contributed by atoms with van der Waals surface area (Å²) < 4.78 is 50.7. The Bertz CT molecular complexity index is 1530. The molecule has 1 aliphatic heterocycles. The number of aryl methyl sites for hydroxylation is 1. The van der Waals surface area contributed by atoms with E-state index in [4.69, 9.17) is 8.94 Å². The number of nitrogens with zero attached hydrogens (tertiary/aromatic N) is 2. The summed E-state index contributed by atoms with van der Waals surface area (Å²) in [6.45, 7) is 1.16. The molecule has 2 aromatic carbocycles. The van der Waals surface area contributed by atoms with Gasteiger partial charge in [-0.2, -0.15) is 18.3 Å². The fourth-order valence-corrected chi connectivity index (χ4v) is 4.69. The van der Waals surface area contributed by atoms with Gasteiger partial charge in [0.15, 0.2) is 5.69 Å². The summed E-state index contributed by atoms with van der Waals surface area (Å²) in [7, 11) is 0. The zero-order chi connectivity index (χ0) is 28.3. The van der Waals surface area contributed by atoms with Crippen LogP contribution in [0.4, 0.5) is 18.9 Å². The third kappa shape index (κ3) is 6.16.